The third-order valence-electron chi connectivity index (χ3n) is 6.66. The van der Waals surface area contributed by atoms with Crippen LogP contribution in [0.4, 0.5) is 21.6 Å². The minimum Gasteiger partial charge on any atom is -0.490 e. The third-order valence-corrected chi connectivity index (χ3v) is 7.02. The summed E-state index contributed by atoms with van der Waals surface area (Å²) in [5, 5.41) is 0.313. The van der Waals surface area contributed by atoms with Crippen molar-refractivity contribution in [2.75, 3.05) is 16.4 Å². The van der Waals surface area contributed by atoms with Crippen LogP contribution in [0.15, 0.2) is 60.8 Å². The molecular weight excluding hydrogens is 463 g/mol. The normalized spacial score (nSPS) is 16.4. The minimum absolute atomic E-state index is 0.124. The molecule has 5 rings (SSSR count). The van der Waals surface area contributed by atoms with Crippen molar-refractivity contribution < 1.29 is 13.9 Å². The Morgan fingerprint density at radius 2 is 1.94 bits per heavy atom. The molecule has 0 N–H and O–H groups in total. The van der Waals surface area contributed by atoms with Crippen molar-refractivity contribution in [3.05, 3.63) is 89.2 Å². The van der Waals surface area contributed by atoms with Gasteiger partial charge in [0.15, 0.2) is 16.7 Å². The van der Waals surface area contributed by atoms with Gasteiger partial charge in [-0.05, 0) is 67.7 Å². The molecule has 1 aromatic heterocycles. The smallest absolute Gasteiger partial charge is 0.272 e. The molecule has 1 aliphatic heterocycles. The lowest BCUT2D eigenvalue weighted by atomic mass is 9.75. The van der Waals surface area contributed by atoms with E-state index >= 15 is 0 Å². The van der Waals surface area contributed by atoms with Crippen LogP contribution in [0.3, 0.4) is 0 Å². The first-order chi connectivity index (χ1) is 16.9. The molecule has 0 unspecified atom stereocenters. The summed E-state index contributed by atoms with van der Waals surface area (Å²) in [6.07, 6.45) is 4.35. The van der Waals surface area contributed by atoms with Crippen LogP contribution in [-0.4, -0.2) is 28.1 Å². The molecule has 0 atom stereocenters. The van der Waals surface area contributed by atoms with E-state index in [2.05, 4.69) is 9.83 Å². The second kappa shape index (κ2) is 9.08. The number of carbonyl (C=O) groups excluding carboxylic acids is 1. The molecule has 1 saturated heterocycles. The number of rotatable bonds is 6. The van der Waals surface area contributed by atoms with Crippen LogP contribution < -0.4 is 14.5 Å². The highest BCUT2D eigenvalue weighted by Gasteiger charge is 2.59. The quantitative estimate of drug-likeness (QED) is 0.327. The van der Waals surface area contributed by atoms with Crippen LogP contribution in [0.5, 0.6) is 5.75 Å². The van der Waals surface area contributed by atoms with Gasteiger partial charge in [-0.15, -0.1) is 4.98 Å². The van der Waals surface area contributed by atoms with E-state index in [1.165, 1.54) is 17.2 Å². The van der Waals surface area contributed by atoms with Crippen molar-refractivity contribution in [2.45, 2.75) is 38.1 Å². The van der Waals surface area contributed by atoms with E-state index in [1.54, 1.807) is 25.1 Å². The summed E-state index contributed by atoms with van der Waals surface area (Å²) in [5.41, 5.74) is 2.12. The summed E-state index contributed by atoms with van der Waals surface area (Å²) in [4.78, 5) is 24.6. The van der Waals surface area contributed by atoms with E-state index in [-0.39, 0.29) is 17.5 Å². The molecule has 3 aromatic rings. The number of hydrogen-bond donors (Lipinski definition) is 0. The lowest BCUT2D eigenvalue weighted by Crippen LogP contribution is -2.55. The third kappa shape index (κ3) is 3.92. The van der Waals surface area contributed by atoms with Gasteiger partial charge in [0.2, 0.25) is 0 Å². The number of benzene rings is 2. The van der Waals surface area contributed by atoms with Gasteiger partial charge >= 0.3 is 0 Å². The number of amides is 1. The van der Waals surface area contributed by atoms with Crippen LogP contribution in [0.2, 0.25) is 0 Å². The van der Waals surface area contributed by atoms with Gasteiger partial charge in [0.05, 0.1) is 12.3 Å². The zero-order valence-corrected chi connectivity index (χ0v) is 20.0. The highest BCUT2D eigenvalue weighted by Crippen LogP contribution is 2.48. The van der Waals surface area contributed by atoms with Gasteiger partial charge in [-0.1, -0.05) is 36.9 Å². The van der Waals surface area contributed by atoms with Crippen LogP contribution in [0, 0.1) is 19.3 Å². The molecule has 1 saturated carbocycles. The maximum atomic E-state index is 14.6. The number of hydrogen-bond acceptors (Lipinski definition) is 4. The molecule has 2 fully saturated rings. The Morgan fingerprint density at radius 3 is 2.60 bits per heavy atom. The molecule has 176 valence electrons. The summed E-state index contributed by atoms with van der Waals surface area (Å²) >= 11 is 5.79. The molecule has 1 aliphatic carbocycles. The molecule has 1 spiro atoms. The van der Waals surface area contributed by atoms with E-state index < -0.39 is 11.4 Å². The molecule has 2 heterocycles. The topological polar surface area (TPSA) is 50.0 Å². The van der Waals surface area contributed by atoms with Crippen LogP contribution in [-0.2, 0) is 11.2 Å². The fraction of sp³-hybridized carbons (Fsp3) is 0.259. The fourth-order valence-electron chi connectivity index (χ4n) is 4.67. The largest absolute Gasteiger partial charge is 0.490 e. The number of ether oxygens (including phenoxy) is 1. The van der Waals surface area contributed by atoms with Crippen LogP contribution in [0.1, 0.15) is 30.4 Å². The number of pyridine rings is 1. The van der Waals surface area contributed by atoms with Gasteiger partial charge in [-0.3, -0.25) is 9.69 Å². The van der Waals surface area contributed by atoms with Gasteiger partial charge in [-0.2, -0.15) is 0 Å². The standard InChI is InChI=1S/C27H23FN4O2S/c1-18-15-21(17-30-24(18)29-2)31-25(33)27(12-6-13-27)32(26(31)35)20-9-10-22(28)23(16-20)34-14-11-19-7-4-3-5-8-19/h3-5,7-10,15-17H,6,11-14H2,1H3. The van der Waals surface area contributed by atoms with Gasteiger partial charge < -0.3 is 14.5 Å². The molecule has 0 radical (unpaired) electrons. The van der Waals surface area contributed by atoms with Crippen molar-refractivity contribution >= 4 is 40.4 Å². The van der Waals surface area contributed by atoms with Crippen molar-refractivity contribution in [3.63, 3.8) is 0 Å². The zero-order chi connectivity index (χ0) is 24.6. The molecular formula is C27H23FN4O2S. The van der Waals surface area contributed by atoms with Gasteiger partial charge in [-0.25, -0.2) is 4.39 Å². The van der Waals surface area contributed by atoms with E-state index in [9.17, 15) is 9.18 Å². The molecule has 0 bridgehead atoms. The zero-order valence-electron chi connectivity index (χ0n) is 19.2. The Hall–Kier alpha value is -3.83. The lowest BCUT2D eigenvalue weighted by molar-refractivity contribution is -0.123. The SMILES string of the molecule is [C-]#[N+]c1ncc(N2C(=O)C3(CCC3)N(c3ccc(F)c(OCCc4ccccc4)c3)C2=S)cc1C. The van der Waals surface area contributed by atoms with Crippen molar-refractivity contribution in [1.82, 2.24) is 4.98 Å². The number of anilines is 2. The molecule has 2 aliphatic rings. The first kappa shape index (κ1) is 22.9. The molecule has 8 heteroatoms. The fourth-order valence-corrected chi connectivity index (χ4v) is 5.13. The predicted octanol–water partition coefficient (Wildman–Crippen LogP) is 5.76. The molecule has 35 heavy (non-hydrogen) atoms. The summed E-state index contributed by atoms with van der Waals surface area (Å²) in [6, 6.07) is 16.2. The molecule has 6 nitrogen and oxygen atoms in total. The second-order valence-electron chi connectivity index (χ2n) is 8.79. The number of nitrogens with zero attached hydrogens (tertiary/aromatic N) is 4. The maximum Gasteiger partial charge on any atom is 0.272 e. The van der Waals surface area contributed by atoms with Crippen molar-refractivity contribution in [3.8, 4) is 5.75 Å². The Bertz CT molecular complexity index is 1350. The first-order valence-corrected chi connectivity index (χ1v) is 11.8. The number of halogens is 1. The second-order valence-corrected chi connectivity index (χ2v) is 9.15. The lowest BCUT2D eigenvalue weighted by Gasteiger charge is -2.43. The number of aryl methyl sites for hydroxylation is 1. The summed E-state index contributed by atoms with van der Waals surface area (Å²) in [6.45, 7) is 9.33. The average Bonchev–Trinajstić information content (AvgIpc) is 3.07. The van der Waals surface area contributed by atoms with Crippen molar-refractivity contribution in [2.24, 2.45) is 0 Å². The Balaban J connectivity index is 1.44. The minimum atomic E-state index is -0.803. The first-order valence-electron chi connectivity index (χ1n) is 11.4. The van der Waals surface area contributed by atoms with Crippen molar-refractivity contribution in [1.29, 1.82) is 0 Å². The Morgan fingerprint density at radius 1 is 1.17 bits per heavy atom. The van der Waals surface area contributed by atoms with Gasteiger partial charge in [0.1, 0.15) is 11.7 Å². The number of carbonyl (C=O) groups is 1. The maximum absolute atomic E-state index is 14.6. The van der Waals surface area contributed by atoms with Crippen LogP contribution >= 0.6 is 12.2 Å². The van der Waals surface area contributed by atoms with E-state index in [4.69, 9.17) is 23.5 Å². The Kier molecular flexibility index (Phi) is 5.95. The van der Waals surface area contributed by atoms with E-state index in [0.29, 0.717) is 47.9 Å². The van der Waals surface area contributed by atoms with Crippen LogP contribution in [0.25, 0.3) is 4.85 Å². The summed E-state index contributed by atoms with van der Waals surface area (Å²) < 4.78 is 20.4. The summed E-state index contributed by atoms with van der Waals surface area (Å²) in [5.74, 6) is -0.174. The van der Waals surface area contributed by atoms with E-state index in [0.717, 1.165) is 12.0 Å². The Labute approximate surface area is 208 Å². The number of aromatic nitrogens is 1. The highest BCUT2D eigenvalue weighted by atomic mass is 32.1. The van der Waals surface area contributed by atoms with Gasteiger partial charge in [0.25, 0.3) is 11.7 Å². The monoisotopic (exact) mass is 486 g/mol. The number of thiocarbonyl (C=S) groups is 1. The van der Waals surface area contributed by atoms with Gasteiger partial charge in [0, 0.05) is 18.2 Å². The average molecular weight is 487 g/mol. The predicted molar refractivity (Wildman–Crippen MR) is 136 cm³/mol. The molecule has 1 amide bonds. The highest BCUT2D eigenvalue weighted by molar-refractivity contribution is 7.81. The van der Waals surface area contributed by atoms with E-state index in [1.807, 2.05) is 35.2 Å². The molecule has 2 aromatic carbocycles. The summed E-state index contributed by atoms with van der Waals surface area (Å²) in [7, 11) is 0.